The van der Waals surface area contributed by atoms with Gasteiger partial charge in [-0.25, -0.2) is 9.97 Å². The number of rotatable bonds is 5. The first-order valence-electron chi connectivity index (χ1n) is 5.22. The highest BCUT2D eigenvalue weighted by molar-refractivity contribution is 5.00. The van der Waals surface area contributed by atoms with Gasteiger partial charge in [0.1, 0.15) is 5.82 Å². The zero-order valence-corrected chi connectivity index (χ0v) is 9.25. The Hall–Kier alpha value is -0.960. The van der Waals surface area contributed by atoms with Gasteiger partial charge in [-0.05, 0) is 26.5 Å². The molecule has 3 nitrogen and oxygen atoms in total. The standard InChI is InChI=1S/C11H19N3/c1-4-5-10(12-3)8-11-13-7-6-9(2)14-11/h6-7,10,12H,4-5,8H2,1-3H3. The Bertz CT molecular complexity index is 273. The van der Waals surface area contributed by atoms with E-state index in [1.54, 1.807) is 0 Å². The van der Waals surface area contributed by atoms with E-state index < -0.39 is 0 Å². The second-order valence-electron chi connectivity index (χ2n) is 3.59. The third-order valence-corrected chi connectivity index (χ3v) is 2.32. The maximum atomic E-state index is 4.39. The summed E-state index contributed by atoms with van der Waals surface area (Å²) in [5, 5.41) is 3.29. The fraction of sp³-hybridized carbons (Fsp3) is 0.636. The maximum Gasteiger partial charge on any atom is 0.130 e. The van der Waals surface area contributed by atoms with Gasteiger partial charge in [-0.3, -0.25) is 0 Å². The van der Waals surface area contributed by atoms with Gasteiger partial charge < -0.3 is 5.32 Å². The summed E-state index contributed by atoms with van der Waals surface area (Å²) in [5.41, 5.74) is 1.04. The lowest BCUT2D eigenvalue weighted by atomic mass is 10.1. The van der Waals surface area contributed by atoms with E-state index in [1.165, 1.54) is 12.8 Å². The Balaban J connectivity index is 2.57. The summed E-state index contributed by atoms with van der Waals surface area (Å²) in [4.78, 5) is 8.65. The lowest BCUT2D eigenvalue weighted by Crippen LogP contribution is -2.28. The van der Waals surface area contributed by atoms with Gasteiger partial charge in [0.2, 0.25) is 0 Å². The van der Waals surface area contributed by atoms with Gasteiger partial charge in [-0.15, -0.1) is 0 Å². The summed E-state index contributed by atoms with van der Waals surface area (Å²) in [6, 6.07) is 2.43. The molecule has 0 radical (unpaired) electrons. The third kappa shape index (κ3) is 3.42. The van der Waals surface area contributed by atoms with Crippen LogP contribution >= 0.6 is 0 Å². The summed E-state index contributed by atoms with van der Waals surface area (Å²) in [6.07, 6.45) is 5.12. The van der Waals surface area contributed by atoms with Crippen molar-refractivity contribution >= 4 is 0 Å². The highest BCUT2D eigenvalue weighted by atomic mass is 14.9. The Morgan fingerprint density at radius 1 is 1.50 bits per heavy atom. The molecule has 0 aliphatic heterocycles. The molecule has 0 aliphatic carbocycles. The van der Waals surface area contributed by atoms with Crippen molar-refractivity contribution in [3.05, 3.63) is 23.8 Å². The molecule has 1 aromatic rings. The van der Waals surface area contributed by atoms with Crippen molar-refractivity contribution < 1.29 is 0 Å². The highest BCUT2D eigenvalue weighted by Crippen LogP contribution is 2.03. The highest BCUT2D eigenvalue weighted by Gasteiger charge is 2.07. The van der Waals surface area contributed by atoms with Crippen molar-refractivity contribution in [2.45, 2.75) is 39.2 Å². The van der Waals surface area contributed by atoms with Crippen LogP contribution in [0.15, 0.2) is 12.3 Å². The first-order chi connectivity index (χ1) is 6.76. The van der Waals surface area contributed by atoms with E-state index in [9.17, 15) is 0 Å². The average Bonchev–Trinajstić information content (AvgIpc) is 2.17. The lowest BCUT2D eigenvalue weighted by Gasteiger charge is -2.13. The van der Waals surface area contributed by atoms with E-state index in [0.29, 0.717) is 6.04 Å². The van der Waals surface area contributed by atoms with E-state index in [4.69, 9.17) is 0 Å². The number of nitrogens with zero attached hydrogens (tertiary/aromatic N) is 2. The average molecular weight is 193 g/mol. The van der Waals surface area contributed by atoms with Crippen LogP contribution in [0.4, 0.5) is 0 Å². The molecule has 1 heterocycles. The Morgan fingerprint density at radius 3 is 2.86 bits per heavy atom. The molecule has 1 N–H and O–H groups in total. The van der Waals surface area contributed by atoms with Gasteiger partial charge in [-0.2, -0.15) is 0 Å². The summed E-state index contributed by atoms with van der Waals surface area (Å²) in [5.74, 6) is 0.942. The molecule has 3 heteroatoms. The zero-order valence-electron chi connectivity index (χ0n) is 9.25. The van der Waals surface area contributed by atoms with Crippen LogP contribution in [0, 0.1) is 6.92 Å². The molecule has 1 atom stereocenters. The molecule has 1 aromatic heterocycles. The predicted octanol–water partition coefficient (Wildman–Crippen LogP) is 1.72. The SMILES string of the molecule is CCCC(Cc1nccc(C)n1)NC. The molecule has 0 amide bonds. The number of hydrogen-bond acceptors (Lipinski definition) is 3. The second kappa shape index (κ2) is 5.70. The topological polar surface area (TPSA) is 37.8 Å². The molecule has 0 saturated carbocycles. The molecule has 1 rings (SSSR count). The van der Waals surface area contributed by atoms with Crippen LogP contribution in [-0.2, 0) is 6.42 Å². The van der Waals surface area contributed by atoms with E-state index in [0.717, 1.165) is 17.9 Å². The second-order valence-corrected chi connectivity index (χ2v) is 3.59. The summed E-state index contributed by atoms with van der Waals surface area (Å²) >= 11 is 0. The quantitative estimate of drug-likeness (QED) is 0.773. The molecular weight excluding hydrogens is 174 g/mol. The fourth-order valence-electron chi connectivity index (χ4n) is 1.52. The van der Waals surface area contributed by atoms with E-state index in [-0.39, 0.29) is 0 Å². The van der Waals surface area contributed by atoms with Crippen molar-refractivity contribution in [1.29, 1.82) is 0 Å². The van der Waals surface area contributed by atoms with Crippen molar-refractivity contribution in [2.24, 2.45) is 0 Å². The number of nitrogens with one attached hydrogen (secondary N) is 1. The predicted molar refractivity (Wildman–Crippen MR) is 58.2 cm³/mol. The van der Waals surface area contributed by atoms with Crippen molar-refractivity contribution in [1.82, 2.24) is 15.3 Å². The van der Waals surface area contributed by atoms with Gasteiger partial charge in [0.15, 0.2) is 0 Å². The number of aryl methyl sites for hydroxylation is 1. The minimum atomic E-state index is 0.502. The van der Waals surface area contributed by atoms with Crippen LogP contribution < -0.4 is 5.32 Å². The van der Waals surface area contributed by atoms with E-state index >= 15 is 0 Å². The van der Waals surface area contributed by atoms with Crippen LogP contribution in [0.2, 0.25) is 0 Å². The van der Waals surface area contributed by atoms with Gasteiger partial charge in [0, 0.05) is 24.4 Å². The maximum absolute atomic E-state index is 4.39. The number of aromatic nitrogens is 2. The molecule has 0 bridgehead atoms. The summed E-state index contributed by atoms with van der Waals surface area (Å²) in [7, 11) is 2.00. The first-order valence-corrected chi connectivity index (χ1v) is 5.22. The molecule has 0 aromatic carbocycles. The molecule has 0 spiro atoms. The van der Waals surface area contributed by atoms with E-state index in [1.807, 2.05) is 26.2 Å². The van der Waals surface area contributed by atoms with Crippen LogP contribution in [0.1, 0.15) is 31.3 Å². The Kier molecular flexibility index (Phi) is 4.53. The molecule has 14 heavy (non-hydrogen) atoms. The Morgan fingerprint density at radius 2 is 2.29 bits per heavy atom. The van der Waals surface area contributed by atoms with Crippen molar-refractivity contribution in [3.63, 3.8) is 0 Å². The van der Waals surface area contributed by atoms with Gasteiger partial charge >= 0.3 is 0 Å². The van der Waals surface area contributed by atoms with Gasteiger partial charge in [0.05, 0.1) is 0 Å². The van der Waals surface area contributed by atoms with Crippen molar-refractivity contribution in [3.8, 4) is 0 Å². The largest absolute Gasteiger partial charge is 0.317 e. The minimum absolute atomic E-state index is 0.502. The van der Waals surface area contributed by atoms with Crippen molar-refractivity contribution in [2.75, 3.05) is 7.05 Å². The first kappa shape index (κ1) is 11.1. The van der Waals surface area contributed by atoms with E-state index in [2.05, 4.69) is 22.2 Å². The number of hydrogen-bond donors (Lipinski definition) is 1. The third-order valence-electron chi connectivity index (χ3n) is 2.32. The van der Waals surface area contributed by atoms with Crippen LogP contribution in [0.25, 0.3) is 0 Å². The normalized spacial score (nSPS) is 12.8. The minimum Gasteiger partial charge on any atom is -0.317 e. The molecule has 0 aliphatic rings. The van der Waals surface area contributed by atoms with Crippen LogP contribution in [0.3, 0.4) is 0 Å². The zero-order chi connectivity index (χ0) is 10.4. The lowest BCUT2D eigenvalue weighted by molar-refractivity contribution is 0.502. The molecule has 0 fully saturated rings. The van der Waals surface area contributed by atoms with Gasteiger partial charge in [-0.1, -0.05) is 13.3 Å². The Labute approximate surface area is 86.0 Å². The van der Waals surface area contributed by atoms with Crippen LogP contribution in [0.5, 0.6) is 0 Å². The molecule has 78 valence electrons. The summed E-state index contributed by atoms with van der Waals surface area (Å²) in [6.45, 7) is 4.20. The van der Waals surface area contributed by atoms with Gasteiger partial charge in [0.25, 0.3) is 0 Å². The molecule has 0 saturated heterocycles. The monoisotopic (exact) mass is 193 g/mol. The smallest absolute Gasteiger partial charge is 0.130 e. The molecule has 1 unspecified atom stereocenters. The summed E-state index contributed by atoms with van der Waals surface area (Å²) < 4.78 is 0. The van der Waals surface area contributed by atoms with Crippen LogP contribution in [-0.4, -0.2) is 23.1 Å². The fourth-order valence-corrected chi connectivity index (χ4v) is 1.52. The molecular formula is C11H19N3. The number of likely N-dealkylation sites (N-methyl/N-ethyl adjacent to an activating group) is 1.